The topological polar surface area (TPSA) is 93.8 Å². The zero-order chi connectivity index (χ0) is 27.9. The third kappa shape index (κ3) is 7.60. The van der Waals surface area contributed by atoms with Crippen molar-refractivity contribution in [2.75, 3.05) is 26.7 Å². The van der Waals surface area contributed by atoms with Crippen molar-refractivity contribution in [1.82, 2.24) is 25.8 Å². The number of rotatable bonds is 8. The molecule has 8 nitrogen and oxygen atoms in total. The van der Waals surface area contributed by atoms with Crippen molar-refractivity contribution in [3.63, 3.8) is 0 Å². The molecule has 4 atom stereocenters. The number of nitrogens with zero attached hydrogens (tertiary/aromatic N) is 2. The van der Waals surface area contributed by atoms with Gasteiger partial charge in [-0.15, -0.1) is 0 Å². The monoisotopic (exact) mass is 541 g/mol. The number of hydrogen-bond donors (Lipinski definition) is 3. The highest BCUT2D eigenvalue weighted by Gasteiger charge is 2.41. The van der Waals surface area contributed by atoms with Gasteiger partial charge in [-0.05, 0) is 68.6 Å². The zero-order valence-corrected chi connectivity index (χ0v) is 22.5. The van der Waals surface area contributed by atoms with Crippen molar-refractivity contribution in [3.05, 3.63) is 71.3 Å². The molecule has 2 saturated heterocycles. The average Bonchev–Trinajstić information content (AvgIpc) is 3.31. The van der Waals surface area contributed by atoms with Crippen LogP contribution in [0.4, 0.5) is 8.78 Å². The summed E-state index contributed by atoms with van der Waals surface area (Å²) in [5.41, 5.74) is 1.54. The molecule has 2 aromatic carbocycles. The molecule has 2 aliphatic heterocycles. The normalized spacial score (nSPS) is 22.4. The first-order chi connectivity index (χ1) is 18.7. The molecule has 0 spiro atoms. The quantitative estimate of drug-likeness (QED) is 0.475. The maximum Gasteiger partial charge on any atom is 0.237 e. The first-order valence-corrected chi connectivity index (χ1v) is 13.5. The van der Waals surface area contributed by atoms with E-state index in [1.165, 1.54) is 24.3 Å². The van der Waals surface area contributed by atoms with Crippen LogP contribution in [0.15, 0.2) is 48.5 Å². The number of carbonyl (C=O) groups is 3. The number of nitrogens with one attached hydrogen (secondary N) is 3. The van der Waals surface area contributed by atoms with E-state index in [0.717, 1.165) is 17.5 Å². The Bertz CT molecular complexity index is 1140. The molecular weight excluding hydrogens is 504 g/mol. The molecule has 3 N–H and O–H groups in total. The average molecular weight is 542 g/mol. The number of halogens is 2. The van der Waals surface area contributed by atoms with E-state index in [1.54, 1.807) is 43.1 Å². The Morgan fingerprint density at radius 1 is 0.923 bits per heavy atom. The van der Waals surface area contributed by atoms with Gasteiger partial charge in [0.15, 0.2) is 0 Å². The Morgan fingerprint density at radius 2 is 1.56 bits per heavy atom. The standard InChI is InChI=1S/C29H37F2N5O3/c1-19(32-2)28(38)34-24-17-35(27(37)15-20-3-7-22(30)8-4-20)14-13-25-11-12-26(36(25)18-24)29(39)33-16-21-5-9-23(31)10-6-21/h3-10,19,24-26,32H,11-18H2,1-2H3,(H,33,39)(H,34,38)/t19-,24-,25+,26-/m0/s1. The van der Waals surface area contributed by atoms with Gasteiger partial charge in [0, 0.05) is 32.2 Å². The molecule has 3 amide bonds. The first-order valence-electron chi connectivity index (χ1n) is 13.5. The maximum atomic E-state index is 13.3. The molecule has 0 unspecified atom stereocenters. The van der Waals surface area contributed by atoms with Crippen LogP contribution in [0, 0.1) is 11.6 Å². The molecule has 2 aromatic rings. The predicted molar refractivity (Wildman–Crippen MR) is 144 cm³/mol. The van der Waals surface area contributed by atoms with E-state index in [0.29, 0.717) is 39.0 Å². The molecule has 2 fully saturated rings. The molecule has 10 heteroatoms. The van der Waals surface area contributed by atoms with Gasteiger partial charge in [0.1, 0.15) is 11.6 Å². The number of benzene rings is 2. The summed E-state index contributed by atoms with van der Waals surface area (Å²) >= 11 is 0. The van der Waals surface area contributed by atoms with Gasteiger partial charge in [0.2, 0.25) is 17.7 Å². The highest BCUT2D eigenvalue weighted by molar-refractivity contribution is 5.83. The van der Waals surface area contributed by atoms with Crippen LogP contribution >= 0.6 is 0 Å². The Labute approximate surface area is 228 Å². The summed E-state index contributed by atoms with van der Waals surface area (Å²) in [5, 5.41) is 8.99. The lowest BCUT2D eigenvalue weighted by molar-refractivity contribution is -0.134. The van der Waals surface area contributed by atoms with Crippen molar-refractivity contribution in [1.29, 1.82) is 0 Å². The largest absolute Gasteiger partial charge is 0.351 e. The van der Waals surface area contributed by atoms with Gasteiger partial charge >= 0.3 is 0 Å². The van der Waals surface area contributed by atoms with Gasteiger partial charge in [0.25, 0.3) is 0 Å². The first kappa shape index (κ1) is 28.6. The lowest BCUT2D eigenvalue weighted by Gasteiger charge is -2.39. The second-order valence-electron chi connectivity index (χ2n) is 10.4. The van der Waals surface area contributed by atoms with Crippen molar-refractivity contribution in [2.24, 2.45) is 0 Å². The summed E-state index contributed by atoms with van der Waals surface area (Å²) < 4.78 is 26.5. The minimum absolute atomic E-state index is 0.0810. The number of likely N-dealkylation sites (N-methyl/N-ethyl adjacent to an activating group) is 1. The minimum Gasteiger partial charge on any atom is -0.351 e. The Hall–Kier alpha value is -3.37. The maximum absolute atomic E-state index is 13.3. The third-order valence-electron chi connectivity index (χ3n) is 7.72. The summed E-state index contributed by atoms with van der Waals surface area (Å²) in [6.07, 6.45) is 2.35. The second kappa shape index (κ2) is 13.1. The van der Waals surface area contributed by atoms with Crippen LogP contribution in [-0.4, -0.2) is 78.4 Å². The van der Waals surface area contributed by atoms with Crippen molar-refractivity contribution >= 4 is 17.7 Å². The Morgan fingerprint density at radius 3 is 2.21 bits per heavy atom. The van der Waals surface area contributed by atoms with E-state index in [1.807, 2.05) is 0 Å². The molecular formula is C29H37F2N5O3. The van der Waals surface area contributed by atoms with Crippen LogP contribution in [0.5, 0.6) is 0 Å². The molecule has 0 bridgehead atoms. The van der Waals surface area contributed by atoms with Gasteiger partial charge in [-0.3, -0.25) is 19.3 Å². The summed E-state index contributed by atoms with van der Waals surface area (Å²) in [7, 11) is 1.71. The molecule has 210 valence electrons. The van der Waals surface area contributed by atoms with E-state index in [9.17, 15) is 23.2 Å². The predicted octanol–water partition coefficient (Wildman–Crippen LogP) is 1.98. The molecule has 4 rings (SSSR count). The van der Waals surface area contributed by atoms with Gasteiger partial charge in [-0.2, -0.15) is 0 Å². The van der Waals surface area contributed by atoms with E-state index in [-0.39, 0.29) is 53.9 Å². The van der Waals surface area contributed by atoms with Crippen LogP contribution in [0.25, 0.3) is 0 Å². The third-order valence-corrected chi connectivity index (χ3v) is 7.72. The van der Waals surface area contributed by atoms with Gasteiger partial charge < -0.3 is 20.9 Å². The number of amides is 3. The fourth-order valence-electron chi connectivity index (χ4n) is 5.35. The smallest absolute Gasteiger partial charge is 0.237 e. The van der Waals surface area contributed by atoms with Crippen molar-refractivity contribution < 1.29 is 23.2 Å². The lowest BCUT2D eigenvalue weighted by atomic mass is 10.1. The van der Waals surface area contributed by atoms with Crippen LogP contribution in [0.1, 0.15) is 37.3 Å². The van der Waals surface area contributed by atoms with Crippen molar-refractivity contribution in [3.8, 4) is 0 Å². The molecule has 2 heterocycles. The summed E-state index contributed by atoms with van der Waals surface area (Å²) in [6, 6.07) is 10.9. The van der Waals surface area contributed by atoms with Crippen LogP contribution < -0.4 is 16.0 Å². The van der Waals surface area contributed by atoms with E-state index in [4.69, 9.17) is 0 Å². The van der Waals surface area contributed by atoms with E-state index >= 15 is 0 Å². The molecule has 2 aliphatic rings. The lowest BCUT2D eigenvalue weighted by Crippen LogP contribution is -2.59. The molecule has 0 radical (unpaired) electrons. The molecule has 0 aliphatic carbocycles. The number of carbonyl (C=O) groups excluding carboxylic acids is 3. The van der Waals surface area contributed by atoms with Crippen LogP contribution in [-0.2, 0) is 27.3 Å². The molecule has 0 saturated carbocycles. The minimum atomic E-state index is -0.414. The van der Waals surface area contributed by atoms with Crippen LogP contribution in [0.3, 0.4) is 0 Å². The number of fused-ring (bicyclic) bond motifs is 1. The second-order valence-corrected chi connectivity index (χ2v) is 10.4. The number of hydrogen-bond acceptors (Lipinski definition) is 5. The zero-order valence-electron chi connectivity index (χ0n) is 22.5. The van der Waals surface area contributed by atoms with Gasteiger partial charge in [0.05, 0.1) is 24.5 Å². The Balaban J connectivity index is 1.45. The highest BCUT2D eigenvalue weighted by atomic mass is 19.1. The molecule has 0 aromatic heterocycles. The summed E-state index contributed by atoms with van der Waals surface area (Å²) in [6.45, 7) is 3.32. The Kier molecular flexibility index (Phi) is 9.63. The fourth-order valence-corrected chi connectivity index (χ4v) is 5.35. The van der Waals surface area contributed by atoms with E-state index < -0.39 is 6.04 Å². The van der Waals surface area contributed by atoms with Crippen LogP contribution in [0.2, 0.25) is 0 Å². The highest BCUT2D eigenvalue weighted by Crippen LogP contribution is 2.29. The van der Waals surface area contributed by atoms with E-state index in [2.05, 4.69) is 20.9 Å². The molecule has 39 heavy (non-hydrogen) atoms. The van der Waals surface area contributed by atoms with Crippen molar-refractivity contribution in [2.45, 2.75) is 63.3 Å². The van der Waals surface area contributed by atoms with Gasteiger partial charge in [-0.25, -0.2) is 8.78 Å². The fraction of sp³-hybridized carbons (Fsp3) is 0.483. The SMILES string of the molecule is CN[C@@H](C)C(=O)N[C@H]1CN(C(=O)Cc2ccc(F)cc2)CC[C@H]2CC[C@@H](C(=O)NCc3ccc(F)cc3)N2C1. The van der Waals surface area contributed by atoms with Gasteiger partial charge in [-0.1, -0.05) is 24.3 Å². The summed E-state index contributed by atoms with van der Waals surface area (Å²) in [5.74, 6) is -1.03. The summed E-state index contributed by atoms with van der Waals surface area (Å²) in [4.78, 5) is 43.2.